The van der Waals surface area contributed by atoms with Gasteiger partial charge in [-0.15, -0.1) is 0 Å². The third-order valence-electron chi connectivity index (χ3n) is 5.23. The number of aryl methyl sites for hydroxylation is 1. The predicted molar refractivity (Wildman–Crippen MR) is 104 cm³/mol. The number of nitrogens with zero attached hydrogens (tertiary/aromatic N) is 2. The van der Waals surface area contributed by atoms with E-state index in [-0.39, 0.29) is 11.8 Å². The van der Waals surface area contributed by atoms with Gasteiger partial charge in [-0.1, -0.05) is 18.5 Å². The number of aromatic nitrogens is 2. The minimum atomic E-state index is -0.105. The van der Waals surface area contributed by atoms with Gasteiger partial charge >= 0.3 is 0 Å². The van der Waals surface area contributed by atoms with Crippen LogP contribution in [-0.4, -0.2) is 41.2 Å². The summed E-state index contributed by atoms with van der Waals surface area (Å²) in [5, 5.41) is 8.61. The van der Waals surface area contributed by atoms with Crippen LogP contribution in [0.25, 0.3) is 11.0 Å². The number of benzene rings is 1. The quantitative estimate of drug-likeness (QED) is 0.720. The summed E-state index contributed by atoms with van der Waals surface area (Å²) in [5.41, 5.74) is 2.91. The Morgan fingerprint density at radius 1 is 1.44 bits per heavy atom. The van der Waals surface area contributed by atoms with Crippen LogP contribution in [0.15, 0.2) is 28.8 Å². The first kappa shape index (κ1) is 17.9. The van der Waals surface area contributed by atoms with Crippen molar-refractivity contribution in [2.75, 3.05) is 20.2 Å². The molecule has 4 rings (SSSR count). The molecule has 0 aliphatic carbocycles. The zero-order valence-corrected chi connectivity index (χ0v) is 16.2. The van der Waals surface area contributed by atoms with Crippen molar-refractivity contribution in [1.82, 2.24) is 15.1 Å². The molecule has 142 valence electrons. The molecule has 27 heavy (non-hydrogen) atoms. The first-order valence-corrected chi connectivity index (χ1v) is 9.57. The summed E-state index contributed by atoms with van der Waals surface area (Å²) in [6.45, 7) is 3.50. The van der Waals surface area contributed by atoms with Crippen molar-refractivity contribution in [3.63, 3.8) is 0 Å². The number of piperidine rings is 1. The Balaban J connectivity index is 1.60. The Hall–Kier alpha value is -2.47. The maximum atomic E-state index is 13.1. The van der Waals surface area contributed by atoms with Gasteiger partial charge in [0.25, 0.3) is 5.91 Å². The number of hydrogen-bond acceptors (Lipinski definition) is 4. The van der Waals surface area contributed by atoms with E-state index in [2.05, 4.69) is 17.1 Å². The van der Waals surface area contributed by atoms with Crippen molar-refractivity contribution >= 4 is 28.5 Å². The van der Waals surface area contributed by atoms with Gasteiger partial charge in [0.1, 0.15) is 0 Å². The fourth-order valence-corrected chi connectivity index (χ4v) is 4.07. The van der Waals surface area contributed by atoms with Gasteiger partial charge in [0.2, 0.25) is 0 Å². The number of aromatic amines is 1. The lowest BCUT2D eigenvalue weighted by Crippen LogP contribution is -2.39. The van der Waals surface area contributed by atoms with Crippen LogP contribution in [0.5, 0.6) is 5.75 Å². The Morgan fingerprint density at radius 2 is 2.30 bits per heavy atom. The van der Waals surface area contributed by atoms with Gasteiger partial charge in [-0.3, -0.25) is 9.89 Å². The van der Waals surface area contributed by atoms with E-state index >= 15 is 0 Å². The van der Waals surface area contributed by atoms with Gasteiger partial charge in [0.05, 0.1) is 13.3 Å². The Bertz CT molecular complexity index is 978. The van der Waals surface area contributed by atoms with E-state index in [0.717, 1.165) is 36.9 Å². The number of likely N-dealkylation sites (tertiary alicyclic amines) is 1. The Kier molecular flexibility index (Phi) is 4.83. The summed E-state index contributed by atoms with van der Waals surface area (Å²) in [6.07, 6.45) is 4.81. The highest BCUT2D eigenvalue weighted by Gasteiger charge is 2.29. The number of amides is 1. The highest BCUT2D eigenvalue weighted by atomic mass is 35.5. The van der Waals surface area contributed by atoms with Crippen LogP contribution in [0, 0.1) is 0 Å². The van der Waals surface area contributed by atoms with Gasteiger partial charge in [-0.2, -0.15) is 5.10 Å². The maximum absolute atomic E-state index is 13.1. The van der Waals surface area contributed by atoms with Crippen LogP contribution in [0.2, 0.25) is 5.02 Å². The monoisotopic (exact) mass is 387 g/mol. The second-order valence-electron chi connectivity index (χ2n) is 6.89. The fourth-order valence-electron chi connectivity index (χ4n) is 3.85. The van der Waals surface area contributed by atoms with E-state index in [1.807, 2.05) is 11.1 Å². The molecule has 1 aliphatic heterocycles. The highest BCUT2D eigenvalue weighted by Crippen LogP contribution is 2.34. The van der Waals surface area contributed by atoms with Gasteiger partial charge < -0.3 is 14.1 Å². The molecule has 0 saturated carbocycles. The molecule has 0 spiro atoms. The lowest BCUT2D eigenvalue weighted by atomic mass is 9.92. The third kappa shape index (κ3) is 3.30. The number of methoxy groups -OCH3 is 1. The topological polar surface area (TPSA) is 71.4 Å². The standard InChI is InChI=1S/C20H22ClN3O3/c1-3-12-10-22-23-18(12)13-5-4-6-24(11-13)20(25)17-8-14-7-15(21)9-16(26-2)19(14)27-17/h7-10,13H,3-6,11H2,1-2H3,(H,22,23)/t13-/m1/s1. The summed E-state index contributed by atoms with van der Waals surface area (Å²) in [5.74, 6) is 1.00. The largest absolute Gasteiger partial charge is 0.493 e. The summed E-state index contributed by atoms with van der Waals surface area (Å²) in [7, 11) is 1.56. The Labute approximate surface area is 162 Å². The third-order valence-corrected chi connectivity index (χ3v) is 5.44. The number of halogens is 1. The van der Waals surface area contributed by atoms with Crippen LogP contribution in [0.4, 0.5) is 0 Å². The minimum absolute atomic E-state index is 0.105. The number of carbonyl (C=O) groups is 1. The molecule has 1 aliphatic rings. The molecule has 0 radical (unpaired) electrons. The van der Waals surface area contributed by atoms with E-state index in [4.69, 9.17) is 20.8 Å². The minimum Gasteiger partial charge on any atom is -0.493 e. The van der Waals surface area contributed by atoms with Crippen LogP contribution in [-0.2, 0) is 6.42 Å². The number of rotatable bonds is 4. The van der Waals surface area contributed by atoms with E-state index in [0.29, 0.717) is 28.7 Å². The molecule has 6 nitrogen and oxygen atoms in total. The summed E-state index contributed by atoms with van der Waals surface area (Å²) < 4.78 is 11.2. The van der Waals surface area contributed by atoms with Crippen molar-refractivity contribution in [3.05, 3.63) is 46.4 Å². The first-order chi connectivity index (χ1) is 13.1. The molecular weight excluding hydrogens is 366 g/mol. The SMILES string of the molecule is CCc1cn[nH]c1[C@@H]1CCCN(C(=O)c2cc3cc(Cl)cc(OC)c3o2)C1. The zero-order valence-electron chi connectivity index (χ0n) is 15.4. The van der Waals surface area contributed by atoms with E-state index in [1.54, 1.807) is 25.3 Å². The van der Waals surface area contributed by atoms with Crippen LogP contribution < -0.4 is 4.74 Å². The van der Waals surface area contributed by atoms with Crippen molar-refractivity contribution in [3.8, 4) is 5.75 Å². The summed E-state index contributed by atoms with van der Waals surface area (Å²) in [6, 6.07) is 5.20. The molecule has 1 N–H and O–H groups in total. The number of H-pyrrole nitrogens is 1. The molecule has 1 fully saturated rings. The number of furan rings is 1. The molecule has 1 aromatic carbocycles. The van der Waals surface area contributed by atoms with E-state index in [9.17, 15) is 4.79 Å². The number of nitrogens with one attached hydrogen (secondary N) is 1. The summed E-state index contributed by atoms with van der Waals surface area (Å²) in [4.78, 5) is 14.9. The lowest BCUT2D eigenvalue weighted by Gasteiger charge is -2.32. The molecule has 1 atom stereocenters. The smallest absolute Gasteiger partial charge is 0.289 e. The molecule has 2 aromatic heterocycles. The van der Waals surface area contributed by atoms with E-state index < -0.39 is 0 Å². The molecule has 1 amide bonds. The second-order valence-corrected chi connectivity index (χ2v) is 7.33. The van der Waals surface area contributed by atoms with Crippen molar-refractivity contribution in [1.29, 1.82) is 0 Å². The van der Waals surface area contributed by atoms with Crippen LogP contribution in [0.1, 0.15) is 47.5 Å². The average Bonchev–Trinajstić information content (AvgIpc) is 3.33. The molecule has 3 aromatic rings. The van der Waals surface area contributed by atoms with Crippen LogP contribution in [0.3, 0.4) is 0 Å². The van der Waals surface area contributed by atoms with Gasteiger partial charge in [-0.25, -0.2) is 0 Å². The zero-order chi connectivity index (χ0) is 19.0. The van der Waals surface area contributed by atoms with E-state index in [1.165, 1.54) is 5.56 Å². The molecule has 7 heteroatoms. The van der Waals surface area contributed by atoms with Gasteiger partial charge in [0.15, 0.2) is 17.1 Å². The second kappa shape index (κ2) is 7.27. The predicted octanol–water partition coefficient (Wildman–Crippen LogP) is 4.40. The molecular formula is C20H22ClN3O3. The number of hydrogen-bond donors (Lipinski definition) is 1. The number of ether oxygens (including phenoxy) is 1. The molecule has 0 unspecified atom stereocenters. The average molecular weight is 388 g/mol. The van der Waals surface area contributed by atoms with Crippen LogP contribution >= 0.6 is 11.6 Å². The molecule has 3 heterocycles. The fraction of sp³-hybridized carbons (Fsp3) is 0.400. The van der Waals surface area contributed by atoms with Gasteiger partial charge in [0, 0.05) is 41.2 Å². The van der Waals surface area contributed by atoms with Crippen molar-refractivity contribution in [2.24, 2.45) is 0 Å². The highest BCUT2D eigenvalue weighted by molar-refractivity contribution is 6.31. The molecule has 1 saturated heterocycles. The summed E-state index contributed by atoms with van der Waals surface area (Å²) >= 11 is 6.12. The maximum Gasteiger partial charge on any atom is 0.289 e. The Morgan fingerprint density at radius 3 is 3.07 bits per heavy atom. The molecule has 0 bridgehead atoms. The van der Waals surface area contributed by atoms with Crippen molar-refractivity contribution in [2.45, 2.75) is 32.1 Å². The normalized spacial score (nSPS) is 17.4. The number of carbonyl (C=O) groups excluding carboxylic acids is 1. The lowest BCUT2D eigenvalue weighted by molar-refractivity contribution is 0.0675. The number of fused-ring (bicyclic) bond motifs is 1. The van der Waals surface area contributed by atoms with Gasteiger partial charge in [-0.05, 0) is 37.0 Å². The first-order valence-electron chi connectivity index (χ1n) is 9.19. The van der Waals surface area contributed by atoms with Crippen molar-refractivity contribution < 1.29 is 13.9 Å².